The van der Waals surface area contributed by atoms with Crippen molar-refractivity contribution in [2.24, 2.45) is 0 Å². The minimum atomic E-state index is -4.10. The molecule has 0 radical (unpaired) electrons. The zero-order chi connectivity index (χ0) is 24.3. The van der Waals surface area contributed by atoms with E-state index in [1.807, 2.05) is 0 Å². The lowest BCUT2D eigenvalue weighted by Crippen LogP contribution is -2.37. The standard InChI is InChI=1S/C25H22N2O6S/c1-32-19-12-14-20(15-13-19)34(30,31)27(18-8-4-3-5-9-18)17-24(28)26-16-22(25(29)33-2)21-10-6-7-11-23(21)26/h3-16H,17H2,1-2H3. The summed E-state index contributed by atoms with van der Waals surface area (Å²) in [4.78, 5) is 25.7. The molecule has 0 saturated heterocycles. The Morgan fingerprint density at radius 3 is 2.18 bits per heavy atom. The van der Waals surface area contributed by atoms with Gasteiger partial charge in [0.1, 0.15) is 12.3 Å². The van der Waals surface area contributed by atoms with E-state index < -0.39 is 28.4 Å². The third-order valence-electron chi connectivity index (χ3n) is 5.36. The van der Waals surface area contributed by atoms with Crippen LogP contribution in [0.5, 0.6) is 5.75 Å². The maximum absolute atomic E-state index is 13.6. The lowest BCUT2D eigenvalue weighted by Gasteiger charge is -2.24. The lowest BCUT2D eigenvalue weighted by atomic mass is 10.2. The second-order valence-electron chi connectivity index (χ2n) is 7.34. The average molecular weight is 479 g/mol. The van der Waals surface area contributed by atoms with Crippen LogP contribution in [0.1, 0.15) is 15.2 Å². The Labute approximate surface area is 197 Å². The smallest absolute Gasteiger partial charge is 0.340 e. The van der Waals surface area contributed by atoms with Crippen molar-refractivity contribution >= 4 is 38.5 Å². The van der Waals surface area contributed by atoms with E-state index in [4.69, 9.17) is 9.47 Å². The Balaban J connectivity index is 1.78. The molecule has 0 N–H and O–H groups in total. The molecule has 0 amide bonds. The summed E-state index contributed by atoms with van der Waals surface area (Å²) in [6.45, 7) is -0.488. The quantitative estimate of drug-likeness (QED) is 0.373. The molecule has 0 fully saturated rings. The summed E-state index contributed by atoms with van der Waals surface area (Å²) < 4.78 is 39.4. The number of anilines is 1. The van der Waals surface area contributed by atoms with Crippen LogP contribution in [0.15, 0.2) is 90.0 Å². The minimum absolute atomic E-state index is 0.0116. The molecule has 9 heteroatoms. The summed E-state index contributed by atoms with van der Waals surface area (Å²) in [6, 6.07) is 21.2. The van der Waals surface area contributed by atoms with E-state index in [0.717, 1.165) is 4.31 Å². The van der Waals surface area contributed by atoms with Gasteiger partial charge in [-0.05, 0) is 42.5 Å². The molecule has 0 aliphatic rings. The number of sulfonamides is 1. The Kier molecular flexibility index (Phi) is 6.38. The minimum Gasteiger partial charge on any atom is -0.497 e. The van der Waals surface area contributed by atoms with E-state index in [2.05, 4.69) is 0 Å². The molecular formula is C25H22N2O6S. The van der Waals surface area contributed by atoms with Crippen molar-refractivity contribution in [1.82, 2.24) is 4.57 Å². The van der Waals surface area contributed by atoms with E-state index >= 15 is 0 Å². The fourth-order valence-corrected chi connectivity index (χ4v) is 5.06. The molecule has 1 heterocycles. The normalized spacial score (nSPS) is 11.2. The number of rotatable bonds is 7. The summed E-state index contributed by atoms with van der Waals surface area (Å²) in [6.07, 6.45) is 1.38. The molecule has 0 spiro atoms. The Hall–Kier alpha value is -4.11. The molecule has 0 atom stereocenters. The van der Waals surface area contributed by atoms with E-state index in [1.165, 1.54) is 37.1 Å². The van der Waals surface area contributed by atoms with E-state index in [0.29, 0.717) is 22.3 Å². The van der Waals surface area contributed by atoms with Crippen molar-refractivity contribution in [3.05, 3.63) is 90.6 Å². The van der Waals surface area contributed by atoms with Gasteiger partial charge in [-0.15, -0.1) is 0 Å². The van der Waals surface area contributed by atoms with Crippen molar-refractivity contribution in [2.75, 3.05) is 25.1 Å². The first-order valence-corrected chi connectivity index (χ1v) is 11.7. The number of methoxy groups -OCH3 is 2. The number of ether oxygens (including phenoxy) is 2. The third kappa shape index (κ3) is 4.25. The molecule has 174 valence electrons. The number of fused-ring (bicyclic) bond motifs is 1. The number of carbonyl (C=O) groups is 2. The van der Waals surface area contributed by atoms with Crippen molar-refractivity contribution in [2.45, 2.75) is 4.90 Å². The van der Waals surface area contributed by atoms with Crippen LogP contribution >= 0.6 is 0 Å². The number of para-hydroxylation sites is 2. The highest BCUT2D eigenvalue weighted by Gasteiger charge is 2.29. The van der Waals surface area contributed by atoms with Crippen molar-refractivity contribution < 1.29 is 27.5 Å². The molecule has 4 rings (SSSR count). The second-order valence-corrected chi connectivity index (χ2v) is 9.20. The summed E-state index contributed by atoms with van der Waals surface area (Å²) in [7, 11) is -1.35. The van der Waals surface area contributed by atoms with Gasteiger partial charge in [-0.2, -0.15) is 0 Å². The first-order valence-electron chi connectivity index (χ1n) is 10.3. The number of nitrogens with zero attached hydrogens (tertiary/aromatic N) is 2. The fourth-order valence-electron chi connectivity index (χ4n) is 3.64. The topological polar surface area (TPSA) is 94.9 Å². The van der Waals surface area contributed by atoms with E-state index in [1.54, 1.807) is 66.7 Å². The molecule has 8 nitrogen and oxygen atoms in total. The summed E-state index contributed by atoms with van der Waals surface area (Å²) in [5, 5.41) is 0.534. The number of esters is 1. The number of benzene rings is 3. The molecule has 0 saturated carbocycles. The maximum Gasteiger partial charge on any atom is 0.340 e. The number of hydrogen-bond donors (Lipinski definition) is 0. The monoisotopic (exact) mass is 478 g/mol. The first kappa shape index (κ1) is 23.1. The average Bonchev–Trinajstić information content (AvgIpc) is 3.27. The predicted octanol–water partition coefficient (Wildman–Crippen LogP) is 3.97. The Bertz CT molecular complexity index is 1440. The highest BCUT2D eigenvalue weighted by atomic mass is 32.2. The highest BCUT2D eigenvalue weighted by molar-refractivity contribution is 7.92. The van der Waals surface area contributed by atoms with Gasteiger partial charge in [0.15, 0.2) is 0 Å². The fraction of sp³-hybridized carbons (Fsp3) is 0.120. The van der Waals surface area contributed by atoms with Gasteiger partial charge >= 0.3 is 5.97 Å². The van der Waals surface area contributed by atoms with E-state index in [-0.39, 0.29) is 10.5 Å². The van der Waals surface area contributed by atoms with Gasteiger partial charge in [0.2, 0.25) is 0 Å². The molecule has 3 aromatic carbocycles. The van der Waals surface area contributed by atoms with Gasteiger partial charge in [0, 0.05) is 11.6 Å². The van der Waals surface area contributed by atoms with Crippen molar-refractivity contribution in [1.29, 1.82) is 0 Å². The molecule has 1 aromatic heterocycles. The molecule has 0 aliphatic carbocycles. The Morgan fingerprint density at radius 2 is 1.53 bits per heavy atom. The van der Waals surface area contributed by atoms with Crippen LogP contribution in [-0.4, -0.2) is 45.6 Å². The van der Waals surface area contributed by atoms with Gasteiger partial charge < -0.3 is 9.47 Å². The first-order chi connectivity index (χ1) is 16.4. The van der Waals surface area contributed by atoms with Gasteiger partial charge in [0.25, 0.3) is 15.9 Å². The van der Waals surface area contributed by atoms with Crippen LogP contribution in [0, 0.1) is 0 Å². The zero-order valence-corrected chi connectivity index (χ0v) is 19.4. The van der Waals surface area contributed by atoms with Gasteiger partial charge in [0.05, 0.1) is 35.9 Å². The molecule has 0 bridgehead atoms. The van der Waals surface area contributed by atoms with Crippen molar-refractivity contribution in [3.63, 3.8) is 0 Å². The van der Waals surface area contributed by atoms with Gasteiger partial charge in [-0.3, -0.25) is 13.7 Å². The lowest BCUT2D eigenvalue weighted by molar-refractivity contribution is 0.0603. The van der Waals surface area contributed by atoms with Crippen LogP contribution in [-0.2, 0) is 14.8 Å². The zero-order valence-electron chi connectivity index (χ0n) is 18.5. The van der Waals surface area contributed by atoms with E-state index in [9.17, 15) is 18.0 Å². The SMILES string of the molecule is COC(=O)c1cn(C(=O)CN(c2ccccc2)S(=O)(=O)c2ccc(OC)cc2)c2ccccc12. The molecule has 4 aromatic rings. The maximum atomic E-state index is 13.6. The van der Waals surface area contributed by atoms with Crippen LogP contribution in [0.4, 0.5) is 5.69 Å². The third-order valence-corrected chi connectivity index (χ3v) is 7.14. The van der Waals surface area contributed by atoms with Crippen molar-refractivity contribution in [3.8, 4) is 5.75 Å². The van der Waals surface area contributed by atoms with Crippen LogP contribution in [0.25, 0.3) is 10.9 Å². The Morgan fingerprint density at radius 1 is 0.882 bits per heavy atom. The largest absolute Gasteiger partial charge is 0.497 e. The second kappa shape index (κ2) is 9.40. The van der Waals surface area contributed by atoms with Crippen LogP contribution in [0.3, 0.4) is 0 Å². The summed E-state index contributed by atoms with van der Waals surface area (Å²) in [5.41, 5.74) is 1.02. The van der Waals surface area contributed by atoms with Crippen LogP contribution in [0.2, 0.25) is 0 Å². The summed E-state index contributed by atoms with van der Waals surface area (Å²) >= 11 is 0. The predicted molar refractivity (Wildman–Crippen MR) is 128 cm³/mol. The molecule has 0 unspecified atom stereocenters. The van der Waals surface area contributed by atoms with Crippen LogP contribution < -0.4 is 9.04 Å². The number of aromatic nitrogens is 1. The van der Waals surface area contributed by atoms with Gasteiger partial charge in [-0.1, -0.05) is 36.4 Å². The number of hydrogen-bond acceptors (Lipinski definition) is 6. The molecular weight excluding hydrogens is 456 g/mol. The highest BCUT2D eigenvalue weighted by Crippen LogP contribution is 2.27. The van der Waals surface area contributed by atoms with Gasteiger partial charge in [-0.25, -0.2) is 13.2 Å². The molecule has 0 aliphatic heterocycles. The summed E-state index contributed by atoms with van der Waals surface area (Å²) in [5.74, 6) is -0.615. The molecule has 34 heavy (non-hydrogen) atoms. The number of carbonyl (C=O) groups excluding carboxylic acids is 2.